The maximum absolute atomic E-state index is 12.5. The Morgan fingerprint density at radius 1 is 1.34 bits per heavy atom. The molecule has 2 fully saturated rings. The fourth-order valence-corrected chi connectivity index (χ4v) is 3.96. The summed E-state index contributed by atoms with van der Waals surface area (Å²) in [5, 5.41) is 2.98. The third-order valence-corrected chi connectivity index (χ3v) is 5.35. The van der Waals surface area contributed by atoms with Crippen LogP contribution in [-0.4, -0.2) is 70.0 Å². The molecule has 2 atom stereocenters. The molecule has 0 aliphatic carbocycles. The molecule has 0 bridgehead atoms. The van der Waals surface area contributed by atoms with Crippen molar-refractivity contribution in [2.45, 2.75) is 44.9 Å². The smallest absolute Gasteiger partial charge is 0.249 e. The van der Waals surface area contributed by atoms with Crippen molar-refractivity contribution in [3.63, 3.8) is 0 Å². The molecule has 29 heavy (non-hydrogen) atoms. The van der Waals surface area contributed by atoms with Crippen molar-refractivity contribution in [3.8, 4) is 0 Å². The lowest BCUT2D eigenvalue weighted by molar-refractivity contribution is -0.130. The van der Waals surface area contributed by atoms with Crippen LogP contribution in [0.25, 0.3) is 0 Å². The zero-order chi connectivity index (χ0) is 20.3. The molecular formula is C20H28N6O3. The predicted octanol–water partition coefficient (Wildman–Crippen LogP) is 0.861. The molecule has 1 spiro atoms. The third-order valence-electron chi connectivity index (χ3n) is 5.35. The Bertz CT molecular complexity index is 822. The maximum Gasteiger partial charge on any atom is 0.249 e. The molecule has 2 aromatic rings. The molecule has 0 radical (unpaired) electrons. The third kappa shape index (κ3) is 4.73. The molecule has 4 rings (SSSR count). The summed E-state index contributed by atoms with van der Waals surface area (Å²) in [6.07, 6.45) is 6.34. The number of nitrogens with zero attached hydrogens (tertiary/aromatic N) is 5. The number of hydrogen-bond acceptors (Lipinski definition) is 7. The van der Waals surface area contributed by atoms with Gasteiger partial charge in [0.25, 0.3) is 0 Å². The highest BCUT2D eigenvalue weighted by Crippen LogP contribution is 2.32. The van der Waals surface area contributed by atoms with E-state index in [1.807, 2.05) is 30.7 Å². The van der Waals surface area contributed by atoms with Crippen LogP contribution in [0.15, 0.2) is 24.8 Å². The summed E-state index contributed by atoms with van der Waals surface area (Å²) in [5.74, 6) is 0.647. The standard InChI is InChI=1S/C20H28N6O3/c1-15-10-16(2)24-19(23-15)26-8-9-29-20(12-26)11-17(28-13-20)18(27)22-4-3-6-25-7-5-21-14-25/h5,7,10,14,17H,3-4,6,8-9,11-13H2,1-2H3,(H,22,27)/t17-,20+/m1/s1. The van der Waals surface area contributed by atoms with E-state index in [1.54, 1.807) is 12.5 Å². The van der Waals surface area contributed by atoms with Gasteiger partial charge in [-0.3, -0.25) is 4.79 Å². The second kappa shape index (κ2) is 8.46. The maximum atomic E-state index is 12.5. The van der Waals surface area contributed by atoms with Crippen molar-refractivity contribution >= 4 is 11.9 Å². The van der Waals surface area contributed by atoms with Gasteiger partial charge in [0.15, 0.2) is 0 Å². The van der Waals surface area contributed by atoms with Gasteiger partial charge >= 0.3 is 0 Å². The first kappa shape index (κ1) is 19.8. The molecule has 2 aliphatic rings. The van der Waals surface area contributed by atoms with Gasteiger partial charge in [0.2, 0.25) is 11.9 Å². The first-order valence-electron chi connectivity index (χ1n) is 10.1. The summed E-state index contributed by atoms with van der Waals surface area (Å²) < 4.78 is 13.9. The van der Waals surface area contributed by atoms with Gasteiger partial charge < -0.3 is 24.3 Å². The molecule has 0 unspecified atom stereocenters. The Morgan fingerprint density at radius 3 is 2.93 bits per heavy atom. The summed E-state index contributed by atoms with van der Waals surface area (Å²) in [4.78, 5) is 27.8. The van der Waals surface area contributed by atoms with E-state index in [2.05, 4.69) is 25.2 Å². The van der Waals surface area contributed by atoms with Crippen molar-refractivity contribution in [2.24, 2.45) is 0 Å². The van der Waals surface area contributed by atoms with Crippen LogP contribution in [0.4, 0.5) is 5.95 Å². The minimum absolute atomic E-state index is 0.0733. The Hall–Kier alpha value is -2.52. The summed E-state index contributed by atoms with van der Waals surface area (Å²) in [6.45, 7) is 7.70. The molecule has 0 aromatic carbocycles. The van der Waals surface area contributed by atoms with E-state index in [1.165, 1.54) is 0 Å². The van der Waals surface area contributed by atoms with Crippen LogP contribution in [-0.2, 0) is 20.8 Å². The molecule has 2 saturated heterocycles. The van der Waals surface area contributed by atoms with Crippen LogP contribution < -0.4 is 10.2 Å². The Labute approximate surface area is 170 Å². The molecule has 9 heteroatoms. The topological polar surface area (TPSA) is 94.4 Å². The zero-order valence-corrected chi connectivity index (χ0v) is 17.0. The van der Waals surface area contributed by atoms with Crippen molar-refractivity contribution in [3.05, 3.63) is 36.2 Å². The fourth-order valence-electron chi connectivity index (χ4n) is 3.96. The SMILES string of the molecule is Cc1cc(C)nc(N2CCO[C@]3(CO[C@@H](C(=O)NCCCn4ccnc4)C3)C2)n1. The van der Waals surface area contributed by atoms with Crippen LogP contribution in [0.2, 0.25) is 0 Å². The van der Waals surface area contributed by atoms with Crippen LogP contribution >= 0.6 is 0 Å². The van der Waals surface area contributed by atoms with Gasteiger partial charge in [-0.25, -0.2) is 15.0 Å². The summed E-state index contributed by atoms with van der Waals surface area (Å²) in [5.41, 5.74) is 1.41. The minimum atomic E-state index is -0.488. The second-order valence-corrected chi connectivity index (χ2v) is 7.85. The van der Waals surface area contributed by atoms with Gasteiger partial charge in [-0.1, -0.05) is 0 Å². The minimum Gasteiger partial charge on any atom is -0.369 e. The second-order valence-electron chi connectivity index (χ2n) is 7.85. The van der Waals surface area contributed by atoms with Crippen LogP contribution in [0.5, 0.6) is 0 Å². The highest BCUT2D eigenvalue weighted by atomic mass is 16.6. The molecule has 156 valence electrons. The lowest BCUT2D eigenvalue weighted by atomic mass is 9.97. The number of imidazole rings is 1. The molecule has 9 nitrogen and oxygen atoms in total. The van der Waals surface area contributed by atoms with Crippen LogP contribution in [0.1, 0.15) is 24.2 Å². The first-order valence-corrected chi connectivity index (χ1v) is 10.1. The van der Waals surface area contributed by atoms with E-state index in [0.717, 1.165) is 36.8 Å². The van der Waals surface area contributed by atoms with E-state index in [9.17, 15) is 4.79 Å². The van der Waals surface area contributed by atoms with Gasteiger partial charge in [0.05, 0.1) is 26.1 Å². The average Bonchev–Trinajstić information content (AvgIpc) is 3.35. The van der Waals surface area contributed by atoms with Crippen molar-refractivity contribution in [2.75, 3.05) is 37.7 Å². The number of morpholine rings is 1. The number of carbonyl (C=O) groups is 1. The molecular weight excluding hydrogens is 372 g/mol. The normalized spacial score (nSPS) is 24.2. The van der Waals surface area contributed by atoms with E-state index >= 15 is 0 Å². The van der Waals surface area contributed by atoms with Gasteiger partial charge in [0.1, 0.15) is 11.7 Å². The number of nitrogens with one attached hydrogen (secondary N) is 1. The van der Waals surface area contributed by atoms with Gasteiger partial charge in [-0.15, -0.1) is 0 Å². The zero-order valence-electron chi connectivity index (χ0n) is 17.0. The molecule has 1 amide bonds. The Balaban J connectivity index is 1.30. The number of anilines is 1. The fraction of sp³-hybridized carbons (Fsp3) is 0.600. The highest BCUT2D eigenvalue weighted by Gasteiger charge is 2.47. The largest absolute Gasteiger partial charge is 0.369 e. The average molecular weight is 400 g/mol. The molecule has 1 N–H and O–H groups in total. The number of amides is 1. The van der Waals surface area contributed by atoms with Crippen LogP contribution in [0.3, 0.4) is 0 Å². The molecule has 0 saturated carbocycles. The summed E-state index contributed by atoms with van der Waals surface area (Å²) in [6, 6.07) is 1.96. The molecule has 4 heterocycles. The highest BCUT2D eigenvalue weighted by molar-refractivity contribution is 5.81. The van der Waals surface area contributed by atoms with Crippen LogP contribution in [0, 0.1) is 13.8 Å². The number of aromatic nitrogens is 4. The lowest BCUT2D eigenvalue weighted by Crippen LogP contribution is -2.53. The Kier molecular flexibility index (Phi) is 5.77. The quantitative estimate of drug-likeness (QED) is 0.719. The van der Waals surface area contributed by atoms with Gasteiger partial charge in [-0.05, 0) is 26.3 Å². The number of carbonyl (C=O) groups excluding carboxylic acids is 1. The van der Waals surface area contributed by atoms with E-state index < -0.39 is 11.7 Å². The number of rotatable bonds is 6. The summed E-state index contributed by atoms with van der Waals surface area (Å²) >= 11 is 0. The number of hydrogen-bond donors (Lipinski definition) is 1. The van der Waals surface area contributed by atoms with E-state index in [4.69, 9.17) is 9.47 Å². The van der Waals surface area contributed by atoms with Crippen molar-refractivity contribution < 1.29 is 14.3 Å². The lowest BCUT2D eigenvalue weighted by Gasteiger charge is -2.39. The Morgan fingerprint density at radius 2 is 2.17 bits per heavy atom. The molecule has 2 aliphatic heterocycles. The van der Waals surface area contributed by atoms with E-state index in [0.29, 0.717) is 32.7 Å². The predicted molar refractivity (Wildman–Crippen MR) is 107 cm³/mol. The molecule has 2 aromatic heterocycles. The van der Waals surface area contributed by atoms with Gasteiger partial charge in [0, 0.05) is 49.8 Å². The van der Waals surface area contributed by atoms with Crippen molar-refractivity contribution in [1.82, 2.24) is 24.8 Å². The first-order chi connectivity index (χ1) is 14.0. The van der Waals surface area contributed by atoms with Gasteiger partial charge in [-0.2, -0.15) is 0 Å². The van der Waals surface area contributed by atoms with E-state index in [-0.39, 0.29) is 5.91 Å². The monoisotopic (exact) mass is 400 g/mol. The number of aryl methyl sites for hydroxylation is 3. The van der Waals surface area contributed by atoms with Crippen molar-refractivity contribution in [1.29, 1.82) is 0 Å². The summed E-state index contributed by atoms with van der Waals surface area (Å²) in [7, 11) is 0. The number of ether oxygens (including phenoxy) is 2.